The summed E-state index contributed by atoms with van der Waals surface area (Å²) in [5.41, 5.74) is 0. The summed E-state index contributed by atoms with van der Waals surface area (Å²) in [6.07, 6.45) is 0. The van der Waals surface area contributed by atoms with Crippen molar-refractivity contribution < 1.29 is 9.59 Å². The van der Waals surface area contributed by atoms with Crippen LogP contribution >= 0.6 is 34.8 Å². The van der Waals surface area contributed by atoms with E-state index in [2.05, 4.69) is 5.32 Å². The molecule has 0 saturated carbocycles. The van der Waals surface area contributed by atoms with Gasteiger partial charge in [-0.1, -0.05) is 48.7 Å². The molecule has 1 atom stereocenters. The third-order valence-electron chi connectivity index (χ3n) is 1.89. The Kier molecular flexibility index (Phi) is 3.19. The molecule has 7 heteroatoms. The van der Waals surface area contributed by atoms with E-state index in [1.807, 2.05) is 0 Å². The molecular weight excluding hydrogens is 250 g/mol. The zero-order valence-electron chi connectivity index (χ0n) is 7.55. The summed E-state index contributed by atoms with van der Waals surface area (Å²) in [7, 11) is 0. The molecule has 3 amide bonds. The minimum absolute atomic E-state index is 0.0381. The van der Waals surface area contributed by atoms with Crippen molar-refractivity contribution in [3.05, 3.63) is 0 Å². The highest BCUT2D eigenvalue weighted by atomic mass is 35.6. The Morgan fingerprint density at radius 3 is 2.07 bits per heavy atom. The van der Waals surface area contributed by atoms with E-state index in [4.69, 9.17) is 34.8 Å². The predicted molar refractivity (Wildman–Crippen MR) is 54.3 cm³/mol. The summed E-state index contributed by atoms with van der Waals surface area (Å²) in [4.78, 5) is 23.5. The summed E-state index contributed by atoms with van der Waals surface area (Å²) < 4.78 is -2.02. The fraction of sp³-hybridized carbons (Fsp3) is 0.714. The monoisotopic (exact) mass is 258 g/mol. The number of alkyl halides is 3. The van der Waals surface area contributed by atoms with Gasteiger partial charge < -0.3 is 5.32 Å². The molecule has 0 aromatic heterocycles. The molecule has 0 aliphatic carbocycles. The number of nitrogens with one attached hydrogen (secondary N) is 1. The van der Waals surface area contributed by atoms with Gasteiger partial charge in [-0.15, -0.1) is 0 Å². The minimum Gasteiger partial charge on any atom is -0.325 e. The third kappa shape index (κ3) is 2.07. The summed E-state index contributed by atoms with van der Waals surface area (Å²) in [5.74, 6) is -0.547. The van der Waals surface area contributed by atoms with E-state index in [-0.39, 0.29) is 5.92 Å². The maximum atomic E-state index is 11.6. The van der Waals surface area contributed by atoms with Crippen LogP contribution in [0.25, 0.3) is 0 Å². The number of hydrogen-bond donors (Lipinski definition) is 1. The van der Waals surface area contributed by atoms with Crippen LogP contribution < -0.4 is 5.32 Å². The van der Waals surface area contributed by atoms with Gasteiger partial charge in [0, 0.05) is 0 Å². The van der Waals surface area contributed by atoms with Crippen LogP contribution in [0, 0.1) is 5.92 Å². The molecule has 1 aliphatic rings. The molecule has 1 fully saturated rings. The Hall–Kier alpha value is -0.190. The zero-order valence-corrected chi connectivity index (χ0v) is 9.82. The van der Waals surface area contributed by atoms with Crippen molar-refractivity contribution in [3.8, 4) is 0 Å². The van der Waals surface area contributed by atoms with Gasteiger partial charge in [-0.25, -0.2) is 9.69 Å². The third-order valence-corrected chi connectivity index (χ3v) is 2.40. The fourth-order valence-electron chi connectivity index (χ4n) is 1.19. The van der Waals surface area contributed by atoms with Crippen molar-refractivity contribution in [2.45, 2.75) is 23.8 Å². The maximum Gasteiger partial charge on any atom is 0.328 e. The van der Waals surface area contributed by atoms with Crippen LogP contribution in [0.3, 0.4) is 0 Å². The Bertz CT molecular complexity index is 275. The lowest BCUT2D eigenvalue weighted by atomic mass is 10.1. The quantitative estimate of drug-likeness (QED) is 0.444. The van der Waals surface area contributed by atoms with Gasteiger partial charge >= 0.3 is 6.03 Å². The van der Waals surface area contributed by atoms with E-state index < -0.39 is 21.9 Å². The molecule has 80 valence electrons. The molecule has 0 aromatic rings. The fourth-order valence-corrected chi connectivity index (χ4v) is 1.67. The molecule has 0 bridgehead atoms. The average Bonchev–Trinajstić information content (AvgIpc) is 2.24. The van der Waals surface area contributed by atoms with Crippen molar-refractivity contribution >= 4 is 46.7 Å². The van der Waals surface area contributed by atoms with Crippen LogP contribution in [0.2, 0.25) is 0 Å². The average molecular weight is 260 g/mol. The van der Waals surface area contributed by atoms with Crippen molar-refractivity contribution in [1.82, 2.24) is 10.2 Å². The number of halogens is 3. The summed E-state index contributed by atoms with van der Waals surface area (Å²) in [6.45, 7) is 3.59. The minimum atomic E-state index is -2.02. The lowest BCUT2D eigenvalue weighted by molar-refractivity contribution is -0.128. The Balaban J connectivity index is 2.92. The number of imide groups is 1. The first kappa shape index (κ1) is 11.9. The van der Waals surface area contributed by atoms with E-state index in [1.54, 1.807) is 13.8 Å². The smallest absolute Gasteiger partial charge is 0.325 e. The first-order valence-electron chi connectivity index (χ1n) is 3.96. The summed E-state index contributed by atoms with van der Waals surface area (Å²) in [6, 6.07) is -1.29. The zero-order chi connectivity index (χ0) is 11.1. The van der Waals surface area contributed by atoms with Gasteiger partial charge in [-0.2, -0.15) is 0 Å². The van der Waals surface area contributed by atoms with Gasteiger partial charge in [0.2, 0.25) is 0 Å². The van der Waals surface area contributed by atoms with Gasteiger partial charge in [-0.3, -0.25) is 4.79 Å². The van der Waals surface area contributed by atoms with Crippen molar-refractivity contribution in [2.24, 2.45) is 5.92 Å². The number of hydrogen-bond acceptors (Lipinski definition) is 2. The van der Waals surface area contributed by atoms with Crippen molar-refractivity contribution in [1.29, 1.82) is 0 Å². The van der Waals surface area contributed by atoms with E-state index >= 15 is 0 Å². The lowest BCUT2D eigenvalue weighted by Crippen LogP contribution is -2.41. The van der Waals surface area contributed by atoms with Gasteiger partial charge in [0.15, 0.2) is 0 Å². The van der Waals surface area contributed by atoms with Crippen LogP contribution in [0.1, 0.15) is 13.8 Å². The van der Waals surface area contributed by atoms with Crippen LogP contribution in [0.15, 0.2) is 0 Å². The Labute approximate surface area is 96.5 Å². The van der Waals surface area contributed by atoms with Crippen molar-refractivity contribution in [2.75, 3.05) is 0 Å². The number of carbonyl (C=O) groups is 2. The van der Waals surface area contributed by atoms with Crippen molar-refractivity contribution in [3.63, 3.8) is 0 Å². The SMILES string of the molecule is CC(C)C1NC(=O)N(C(Cl)(Cl)Cl)C1=O. The predicted octanol–water partition coefficient (Wildman–Crippen LogP) is 1.89. The molecule has 4 nitrogen and oxygen atoms in total. The molecule has 1 heterocycles. The second-order valence-corrected chi connectivity index (χ2v) is 5.53. The topological polar surface area (TPSA) is 49.4 Å². The van der Waals surface area contributed by atoms with Crippen LogP contribution in [-0.2, 0) is 4.79 Å². The molecule has 1 aliphatic heterocycles. The Morgan fingerprint density at radius 2 is 1.86 bits per heavy atom. The normalized spacial score (nSPS) is 23.3. The largest absolute Gasteiger partial charge is 0.328 e. The first-order valence-corrected chi connectivity index (χ1v) is 5.10. The summed E-state index contributed by atoms with van der Waals surface area (Å²) >= 11 is 16.4. The molecule has 1 N–H and O–H groups in total. The lowest BCUT2D eigenvalue weighted by Gasteiger charge is -2.21. The maximum absolute atomic E-state index is 11.6. The summed E-state index contributed by atoms with van der Waals surface area (Å²) in [5, 5.41) is 2.44. The van der Waals surface area contributed by atoms with E-state index in [0.29, 0.717) is 4.90 Å². The molecule has 0 spiro atoms. The molecule has 1 saturated heterocycles. The standard InChI is InChI=1S/C7H9Cl3N2O2/c1-3(2)4-5(13)12(6(14)11-4)7(8,9)10/h3-4H,1-2H3,(H,11,14). The molecule has 0 radical (unpaired) electrons. The number of nitrogens with zero attached hydrogens (tertiary/aromatic N) is 1. The Morgan fingerprint density at radius 1 is 1.36 bits per heavy atom. The number of urea groups is 1. The molecule has 14 heavy (non-hydrogen) atoms. The van der Waals surface area contributed by atoms with Gasteiger partial charge in [0.25, 0.3) is 9.82 Å². The molecule has 1 unspecified atom stereocenters. The van der Waals surface area contributed by atoms with Gasteiger partial charge in [0.1, 0.15) is 6.04 Å². The molecule has 1 rings (SSSR count). The highest BCUT2D eigenvalue weighted by Crippen LogP contribution is 2.34. The molecular formula is C7H9Cl3N2O2. The second-order valence-electron chi connectivity index (χ2n) is 3.31. The highest BCUT2D eigenvalue weighted by molar-refractivity contribution is 6.68. The number of amides is 3. The van der Waals surface area contributed by atoms with Crippen LogP contribution in [0.5, 0.6) is 0 Å². The van der Waals surface area contributed by atoms with Crippen LogP contribution in [0.4, 0.5) is 4.79 Å². The first-order chi connectivity index (χ1) is 6.25. The second kappa shape index (κ2) is 3.76. The number of carbonyl (C=O) groups excluding carboxylic acids is 2. The highest BCUT2D eigenvalue weighted by Gasteiger charge is 2.48. The van der Waals surface area contributed by atoms with Gasteiger partial charge in [0.05, 0.1) is 0 Å². The van der Waals surface area contributed by atoms with E-state index in [9.17, 15) is 9.59 Å². The van der Waals surface area contributed by atoms with Crippen LogP contribution in [-0.4, -0.2) is 26.8 Å². The van der Waals surface area contributed by atoms with E-state index in [1.165, 1.54) is 0 Å². The van der Waals surface area contributed by atoms with E-state index in [0.717, 1.165) is 0 Å². The van der Waals surface area contributed by atoms with Gasteiger partial charge in [-0.05, 0) is 5.92 Å². The molecule has 0 aromatic carbocycles. The number of rotatable bonds is 1.